The largest absolute Gasteiger partial charge is 0.356 e. The lowest BCUT2D eigenvalue weighted by Crippen LogP contribution is -2.44. The maximum Gasteiger partial charge on any atom is 0.229 e. The summed E-state index contributed by atoms with van der Waals surface area (Å²) in [5.41, 5.74) is 2.50. The molecule has 2 atom stereocenters. The third-order valence-electron chi connectivity index (χ3n) is 6.43. The molecule has 0 spiro atoms. The molecular weight excluding hydrogens is 423 g/mol. The van der Waals surface area contributed by atoms with Crippen LogP contribution in [0, 0.1) is 18.7 Å². The van der Waals surface area contributed by atoms with Gasteiger partial charge in [0.15, 0.2) is 5.65 Å². The summed E-state index contributed by atoms with van der Waals surface area (Å²) < 4.78 is 15.0. The average Bonchev–Trinajstić information content (AvgIpc) is 3.49. The Bertz CT molecular complexity index is 1200. The van der Waals surface area contributed by atoms with Crippen molar-refractivity contribution in [2.75, 3.05) is 23.3 Å². The Morgan fingerprint density at radius 3 is 2.55 bits per heavy atom. The molecule has 1 aromatic carbocycles. The first kappa shape index (κ1) is 21.4. The summed E-state index contributed by atoms with van der Waals surface area (Å²) in [7, 11) is 0. The Balaban J connectivity index is 1.33. The molecule has 2 aromatic heterocycles. The van der Waals surface area contributed by atoms with Gasteiger partial charge in [-0.15, -0.1) is 0 Å². The molecule has 1 aliphatic heterocycles. The van der Waals surface area contributed by atoms with Gasteiger partial charge in [0, 0.05) is 44.1 Å². The van der Waals surface area contributed by atoms with Crippen molar-refractivity contribution in [1.82, 2.24) is 19.9 Å². The Morgan fingerprint density at radius 1 is 1.12 bits per heavy atom. The summed E-state index contributed by atoms with van der Waals surface area (Å²) >= 11 is 0. The van der Waals surface area contributed by atoms with Crippen LogP contribution in [-0.4, -0.2) is 45.5 Å². The molecule has 2 fully saturated rings. The SMILES string of the molecule is CC(=O)NC1CCN(c2cc(NC(=O)[C@@H]3C[C@H]3c3ccc(F)cc3)nc3cc(C)nn23)CC1. The highest BCUT2D eigenvalue weighted by atomic mass is 19.1. The van der Waals surface area contributed by atoms with Gasteiger partial charge < -0.3 is 15.5 Å². The monoisotopic (exact) mass is 450 g/mol. The summed E-state index contributed by atoms with van der Waals surface area (Å²) in [5, 5.41) is 10.6. The predicted molar refractivity (Wildman–Crippen MR) is 123 cm³/mol. The van der Waals surface area contributed by atoms with E-state index in [1.165, 1.54) is 12.1 Å². The van der Waals surface area contributed by atoms with Crippen LogP contribution in [0.3, 0.4) is 0 Å². The summed E-state index contributed by atoms with van der Waals surface area (Å²) in [5.74, 6) is 0.976. The molecule has 1 saturated carbocycles. The Hall–Kier alpha value is -3.49. The van der Waals surface area contributed by atoms with Crippen molar-refractivity contribution in [2.24, 2.45) is 5.92 Å². The van der Waals surface area contributed by atoms with E-state index in [1.807, 2.05) is 23.6 Å². The van der Waals surface area contributed by atoms with Crippen LogP contribution in [0.4, 0.5) is 16.0 Å². The number of anilines is 2. The molecule has 9 heteroatoms. The summed E-state index contributed by atoms with van der Waals surface area (Å²) in [4.78, 5) is 31.1. The number of rotatable bonds is 5. The molecule has 2 N–H and O–H groups in total. The highest BCUT2D eigenvalue weighted by molar-refractivity contribution is 5.95. The zero-order chi connectivity index (χ0) is 23.1. The third-order valence-corrected chi connectivity index (χ3v) is 6.43. The van der Waals surface area contributed by atoms with Gasteiger partial charge in [-0.2, -0.15) is 9.61 Å². The second kappa shape index (κ2) is 8.46. The maximum atomic E-state index is 13.2. The molecule has 0 bridgehead atoms. The summed E-state index contributed by atoms with van der Waals surface area (Å²) in [6, 6.07) is 10.3. The van der Waals surface area contributed by atoms with Crippen molar-refractivity contribution < 1.29 is 14.0 Å². The number of carbonyl (C=O) groups is 2. The van der Waals surface area contributed by atoms with Crippen LogP contribution < -0.4 is 15.5 Å². The van der Waals surface area contributed by atoms with Crippen molar-refractivity contribution in [3.05, 3.63) is 53.5 Å². The normalized spacial score (nSPS) is 20.6. The Kier molecular flexibility index (Phi) is 5.47. The van der Waals surface area contributed by atoms with Gasteiger partial charge in [0.1, 0.15) is 17.5 Å². The number of carbonyl (C=O) groups excluding carboxylic acids is 2. The molecular formula is C24H27FN6O2. The van der Waals surface area contributed by atoms with Crippen LogP contribution in [0.2, 0.25) is 0 Å². The van der Waals surface area contributed by atoms with E-state index in [1.54, 1.807) is 19.1 Å². The third kappa shape index (κ3) is 4.53. The van der Waals surface area contributed by atoms with Gasteiger partial charge in [-0.1, -0.05) is 12.1 Å². The zero-order valence-electron chi connectivity index (χ0n) is 18.7. The highest BCUT2D eigenvalue weighted by Crippen LogP contribution is 2.48. The van der Waals surface area contributed by atoms with Crippen LogP contribution >= 0.6 is 0 Å². The van der Waals surface area contributed by atoms with E-state index >= 15 is 0 Å². The first-order valence-electron chi connectivity index (χ1n) is 11.3. The second-order valence-electron chi connectivity index (χ2n) is 9.01. The topological polar surface area (TPSA) is 91.6 Å². The number of halogens is 1. The summed E-state index contributed by atoms with van der Waals surface area (Å²) in [6.45, 7) is 5.00. The molecule has 8 nitrogen and oxygen atoms in total. The first-order valence-corrected chi connectivity index (χ1v) is 11.3. The van der Waals surface area contributed by atoms with Crippen LogP contribution in [0.1, 0.15) is 43.4 Å². The predicted octanol–water partition coefficient (Wildman–Crippen LogP) is 3.02. The molecule has 2 amide bonds. The van der Waals surface area contributed by atoms with E-state index in [-0.39, 0.29) is 35.5 Å². The molecule has 1 aliphatic carbocycles. The number of benzene rings is 1. The molecule has 3 aromatic rings. The van der Waals surface area contributed by atoms with Crippen molar-refractivity contribution in [1.29, 1.82) is 0 Å². The number of hydrogen-bond acceptors (Lipinski definition) is 5. The van der Waals surface area contributed by atoms with Gasteiger partial charge in [-0.25, -0.2) is 9.37 Å². The van der Waals surface area contributed by atoms with Crippen molar-refractivity contribution in [3.8, 4) is 0 Å². The molecule has 2 aliphatic rings. The fourth-order valence-corrected chi connectivity index (χ4v) is 4.68. The lowest BCUT2D eigenvalue weighted by molar-refractivity contribution is -0.120. The van der Waals surface area contributed by atoms with Gasteiger partial charge in [-0.05, 0) is 49.8 Å². The fourth-order valence-electron chi connectivity index (χ4n) is 4.68. The minimum atomic E-state index is -0.275. The lowest BCUT2D eigenvalue weighted by atomic mass is 10.1. The van der Waals surface area contributed by atoms with Gasteiger partial charge in [0.25, 0.3) is 0 Å². The zero-order valence-corrected chi connectivity index (χ0v) is 18.7. The van der Waals surface area contributed by atoms with E-state index in [0.29, 0.717) is 11.5 Å². The number of fused-ring (bicyclic) bond motifs is 1. The number of aromatic nitrogens is 3. The molecule has 172 valence electrons. The second-order valence-corrected chi connectivity index (χ2v) is 9.01. The molecule has 0 radical (unpaired) electrons. The minimum Gasteiger partial charge on any atom is -0.356 e. The van der Waals surface area contributed by atoms with Crippen LogP contribution in [0.25, 0.3) is 5.65 Å². The van der Waals surface area contributed by atoms with Crippen molar-refractivity contribution >= 4 is 29.1 Å². The average molecular weight is 451 g/mol. The van der Waals surface area contributed by atoms with Crippen molar-refractivity contribution in [3.63, 3.8) is 0 Å². The molecule has 3 heterocycles. The summed E-state index contributed by atoms with van der Waals surface area (Å²) in [6.07, 6.45) is 2.43. The Labute approximate surface area is 191 Å². The number of hydrogen-bond donors (Lipinski definition) is 2. The fraction of sp³-hybridized carbons (Fsp3) is 0.417. The van der Waals surface area contributed by atoms with E-state index in [2.05, 4.69) is 25.6 Å². The highest BCUT2D eigenvalue weighted by Gasteiger charge is 2.44. The molecule has 1 saturated heterocycles. The van der Waals surface area contributed by atoms with Gasteiger partial charge >= 0.3 is 0 Å². The lowest BCUT2D eigenvalue weighted by Gasteiger charge is -2.33. The first-order chi connectivity index (χ1) is 15.9. The van der Waals surface area contributed by atoms with E-state index < -0.39 is 0 Å². The number of nitrogens with zero attached hydrogens (tertiary/aromatic N) is 4. The molecule has 0 unspecified atom stereocenters. The van der Waals surface area contributed by atoms with E-state index in [0.717, 1.165) is 49.4 Å². The van der Waals surface area contributed by atoms with Gasteiger partial charge in [0.05, 0.1) is 5.69 Å². The number of amides is 2. The van der Waals surface area contributed by atoms with Crippen LogP contribution in [0.15, 0.2) is 36.4 Å². The molecule has 33 heavy (non-hydrogen) atoms. The smallest absolute Gasteiger partial charge is 0.229 e. The number of aryl methyl sites for hydroxylation is 1. The number of nitrogens with one attached hydrogen (secondary N) is 2. The van der Waals surface area contributed by atoms with Gasteiger partial charge in [-0.3, -0.25) is 9.59 Å². The van der Waals surface area contributed by atoms with Gasteiger partial charge in [0.2, 0.25) is 11.8 Å². The number of piperidine rings is 1. The van der Waals surface area contributed by atoms with Crippen LogP contribution in [-0.2, 0) is 9.59 Å². The van der Waals surface area contributed by atoms with Crippen LogP contribution in [0.5, 0.6) is 0 Å². The molecule has 5 rings (SSSR count). The van der Waals surface area contributed by atoms with E-state index in [9.17, 15) is 14.0 Å². The maximum absolute atomic E-state index is 13.2. The van der Waals surface area contributed by atoms with E-state index in [4.69, 9.17) is 0 Å². The Morgan fingerprint density at radius 2 is 1.85 bits per heavy atom. The minimum absolute atomic E-state index is 0.00790. The standard InChI is InChI=1S/C24H27FN6O2/c1-14-11-22-27-21(28-24(33)20-12-19(20)16-3-5-17(25)6-4-16)13-23(31(22)29-14)30-9-7-18(8-10-30)26-15(2)32/h3-6,11,13,18-20H,7-10,12H2,1-2H3,(H,26,32)(H,27,28,33)/t19-,20+/m0/s1. The quantitative estimate of drug-likeness (QED) is 0.624. The van der Waals surface area contributed by atoms with Crippen molar-refractivity contribution in [2.45, 2.75) is 45.1 Å².